The van der Waals surface area contributed by atoms with E-state index in [9.17, 15) is 9.90 Å². The van der Waals surface area contributed by atoms with E-state index in [1.54, 1.807) is 6.07 Å². The summed E-state index contributed by atoms with van der Waals surface area (Å²) in [5.74, 6) is -0.183. The van der Waals surface area contributed by atoms with Gasteiger partial charge in [0.15, 0.2) is 0 Å². The van der Waals surface area contributed by atoms with Crippen LogP contribution in [0.15, 0.2) is 24.3 Å². The summed E-state index contributed by atoms with van der Waals surface area (Å²) in [7, 11) is 0. The number of anilines is 2. The molecule has 0 aliphatic heterocycles. The lowest BCUT2D eigenvalue weighted by Crippen LogP contribution is -2.32. The van der Waals surface area contributed by atoms with Gasteiger partial charge in [0.1, 0.15) is 0 Å². The first-order valence-electron chi connectivity index (χ1n) is 10.4. The zero-order valence-corrected chi connectivity index (χ0v) is 18.4. The topological polar surface area (TPSA) is 40.5 Å². The highest BCUT2D eigenvalue weighted by atomic mass is 32.1. The van der Waals surface area contributed by atoms with Gasteiger partial charge in [0.25, 0.3) is 0 Å². The Hall–Kier alpha value is -1.81. The SMILES string of the molecule is Cc1c(N(CC2CC2)c2ccccc2C(=O)O)sc2c1C(C)(C)CCC2(C)C. The molecule has 0 radical (unpaired) electrons. The molecule has 1 N–H and O–H groups in total. The molecule has 2 aliphatic carbocycles. The smallest absolute Gasteiger partial charge is 0.337 e. The van der Waals surface area contributed by atoms with Gasteiger partial charge in [-0.1, -0.05) is 39.8 Å². The van der Waals surface area contributed by atoms with E-state index in [2.05, 4.69) is 39.5 Å². The van der Waals surface area contributed by atoms with Gasteiger partial charge in [-0.05, 0) is 72.6 Å². The van der Waals surface area contributed by atoms with Crippen LogP contribution in [0.2, 0.25) is 0 Å². The molecule has 1 heterocycles. The van der Waals surface area contributed by atoms with Gasteiger partial charge in [0, 0.05) is 11.4 Å². The van der Waals surface area contributed by atoms with Crippen LogP contribution < -0.4 is 4.90 Å². The summed E-state index contributed by atoms with van der Waals surface area (Å²) in [4.78, 5) is 15.7. The molecule has 0 unspecified atom stereocenters. The lowest BCUT2D eigenvalue weighted by Gasteiger charge is -2.39. The number of hydrogen-bond donors (Lipinski definition) is 1. The van der Waals surface area contributed by atoms with E-state index in [1.165, 1.54) is 46.7 Å². The standard InChI is InChI=1S/C24H31NO2S/c1-15-19-20(24(4,5)13-12-23(19,2)3)28-21(15)25(14-16-10-11-16)18-9-7-6-8-17(18)22(26)27/h6-9,16H,10-14H2,1-5H3,(H,26,27). The second kappa shape index (κ2) is 6.62. The van der Waals surface area contributed by atoms with Crippen molar-refractivity contribution in [2.24, 2.45) is 5.92 Å². The Balaban J connectivity index is 1.90. The lowest BCUT2D eigenvalue weighted by atomic mass is 9.66. The molecule has 3 nitrogen and oxygen atoms in total. The summed E-state index contributed by atoms with van der Waals surface area (Å²) in [6.07, 6.45) is 4.87. The van der Waals surface area contributed by atoms with Gasteiger partial charge in [-0.2, -0.15) is 0 Å². The summed E-state index contributed by atoms with van der Waals surface area (Å²) in [6.45, 7) is 12.6. The maximum Gasteiger partial charge on any atom is 0.337 e. The van der Waals surface area contributed by atoms with Crippen LogP contribution in [0, 0.1) is 12.8 Å². The number of carboxylic acids is 1. The first kappa shape index (κ1) is 19.5. The number of hydrogen-bond acceptors (Lipinski definition) is 3. The van der Waals surface area contributed by atoms with Gasteiger partial charge in [-0.3, -0.25) is 0 Å². The minimum absolute atomic E-state index is 0.168. The number of thiophene rings is 1. The van der Waals surface area contributed by atoms with Crippen LogP contribution >= 0.6 is 11.3 Å². The molecule has 28 heavy (non-hydrogen) atoms. The van der Waals surface area contributed by atoms with Crippen LogP contribution in [0.25, 0.3) is 0 Å². The number of fused-ring (bicyclic) bond motifs is 1. The number of carbonyl (C=O) groups is 1. The maximum atomic E-state index is 11.9. The Bertz CT molecular complexity index is 921. The van der Waals surface area contributed by atoms with Crippen LogP contribution in [-0.2, 0) is 10.8 Å². The minimum Gasteiger partial charge on any atom is -0.478 e. The number of rotatable bonds is 5. The average Bonchev–Trinajstić information content (AvgIpc) is 3.38. The van der Waals surface area contributed by atoms with Crippen LogP contribution in [0.1, 0.15) is 79.7 Å². The molecular formula is C24H31NO2S. The van der Waals surface area contributed by atoms with Crippen molar-refractivity contribution in [2.45, 2.75) is 71.1 Å². The van der Waals surface area contributed by atoms with Crippen molar-refractivity contribution in [3.8, 4) is 0 Å². The summed E-state index contributed by atoms with van der Waals surface area (Å²) in [6, 6.07) is 7.48. The summed E-state index contributed by atoms with van der Waals surface area (Å²) < 4.78 is 0. The zero-order valence-electron chi connectivity index (χ0n) is 17.6. The molecule has 1 fully saturated rings. The highest BCUT2D eigenvalue weighted by Gasteiger charge is 2.42. The van der Waals surface area contributed by atoms with Crippen molar-refractivity contribution >= 4 is 28.0 Å². The van der Waals surface area contributed by atoms with Crippen LogP contribution in [-0.4, -0.2) is 17.6 Å². The van der Waals surface area contributed by atoms with E-state index >= 15 is 0 Å². The third kappa shape index (κ3) is 3.26. The maximum absolute atomic E-state index is 11.9. The second-order valence-corrected chi connectivity index (χ2v) is 10.9. The quantitative estimate of drug-likeness (QED) is 0.614. The van der Waals surface area contributed by atoms with Gasteiger partial charge in [0.2, 0.25) is 0 Å². The molecule has 2 aliphatic rings. The van der Waals surface area contributed by atoms with Crippen molar-refractivity contribution in [2.75, 3.05) is 11.4 Å². The average molecular weight is 398 g/mol. The molecule has 0 saturated heterocycles. The number of para-hydroxylation sites is 1. The monoisotopic (exact) mass is 397 g/mol. The molecule has 0 amide bonds. The number of benzene rings is 1. The highest BCUT2D eigenvalue weighted by molar-refractivity contribution is 7.16. The van der Waals surface area contributed by atoms with E-state index in [0.29, 0.717) is 11.5 Å². The Kier molecular flexibility index (Phi) is 4.61. The minimum atomic E-state index is -0.851. The third-order valence-electron chi connectivity index (χ3n) is 6.60. The molecule has 2 aromatic rings. The van der Waals surface area contributed by atoms with Crippen LogP contribution in [0.5, 0.6) is 0 Å². The van der Waals surface area contributed by atoms with E-state index in [0.717, 1.165) is 12.2 Å². The zero-order chi connectivity index (χ0) is 20.3. The Morgan fingerprint density at radius 1 is 1.14 bits per heavy atom. The molecule has 1 aromatic heterocycles. The lowest BCUT2D eigenvalue weighted by molar-refractivity contribution is 0.0697. The summed E-state index contributed by atoms with van der Waals surface area (Å²) in [5, 5.41) is 11.0. The van der Waals surface area contributed by atoms with Crippen molar-refractivity contribution in [3.63, 3.8) is 0 Å². The largest absolute Gasteiger partial charge is 0.478 e. The molecule has 0 atom stereocenters. The number of carboxylic acid groups (broad SMARTS) is 1. The van der Waals surface area contributed by atoms with Gasteiger partial charge in [0.05, 0.1) is 16.3 Å². The Morgan fingerprint density at radius 3 is 2.39 bits per heavy atom. The predicted octanol–water partition coefficient (Wildman–Crippen LogP) is 6.65. The predicted molar refractivity (Wildman–Crippen MR) is 117 cm³/mol. The molecule has 4 rings (SSSR count). The molecule has 150 valence electrons. The number of aromatic carboxylic acids is 1. The first-order valence-corrected chi connectivity index (χ1v) is 11.2. The molecule has 0 spiro atoms. The van der Waals surface area contributed by atoms with Gasteiger partial charge in [-0.25, -0.2) is 4.79 Å². The van der Waals surface area contributed by atoms with Crippen molar-refractivity contribution in [3.05, 3.63) is 45.8 Å². The summed E-state index contributed by atoms with van der Waals surface area (Å²) in [5.41, 5.74) is 4.42. The highest BCUT2D eigenvalue weighted by Crippen LogP contribution is 2.55. The van der Waals surface area contributed by atoms with Crippen LogP contribution in [0.4, 0.5) is 10.7 Å². The fourth-order valence-corrected chi connectivity index (χ4v) is 6.29. The van der Waals surface area contributed by atoms with E-state index in [4.69, 9.17) is 0 Å². The fraction of sp³-hybridized carbons (Fsp3) is 0.542. The van der Waals surface area contributed by atoms with Crippen molar-refractivity contribution < 1.29 is 9.90 Å². The van der Waals surface area contributed by atoms with E-state index in [1.807, 2.05) is 29.5 Å². The molecular weight excluding hydrogens is 366 g/mol. The van der Waals surface area contributed by atoms with E-state index < -0.39 is 5.97 Å². The Labute approximate surface area is 172 Å². The van der Waals surface area contributed by atoms with E-state index in [-0.39, 0.29) is 10.8 Å². The summed E-state index contributed by atoms with van der Waals surface area (Å²) >= 11 is 1.90. The number of nitrogens with zero attached hydrogens (tertiary/aromatic N) is 1. The fourth-order valence-electron chi connectivity index (χ4n) is 4.65. The molecule has 1 saturated carbocycles. The Morgan fingerprint density at radius 2 is 1.79 bits per heavy atom. The normalized spacial score (nSPS) is 19.9. The second-order valence-electron chi connectivity index (χ2n) is 9.88. The van der Waals surface area contributed by atoms with Crippen molar-refractivity contribution in [1.29, 1.82) is 0 Å². The van der Waals surface area contributed by atoms with Crippen molar-refractivity contribution in [1.82, 2.24) is 0 Å². The van der Waals surface area contributed by atoms with Gasteiger partial charge >= 0.3 is 5.97 Å². The van der Waals surface area contributed by atoms with Crippen LogP contribution in [0.3, 0.4) is 0 Å². The first-order chi connectivity index (χ1) is 13.1. The van der Waals surface area contributed by atoms with Gasteiger partial charge < -0.3 is 10.0 Å². The third-order valence-corrected chi connectivity index (χ3v) is 8.28. The molecule has 1 aromatic carbocycles. The molecule has 4 heteroatoms. The molecule has 0 bridgehead atoms. The van der Waals surface area contributed by atoms with Gasteiger partial charge in [-0.15, -0.1) is 11.3 Å².